The normalized spacial score (nSPS) is 23.6. The van der Waals surface area contributed by atoms with E-state index in [9.17, 15) is 34.8 Å². The molecule has 37 heavy (non-hydrogen) atoms. The van der Waals surface area contributed by atoms with Crippen molar-refractivity contribution in [3.8, 4) is 17.2 Å². The summed E-state index contributed by atoms with van der Waals surface area (Å²) in [5.74, 6) is -2.43. The maximum absolute atomic E-state index is 12.6. The van der Waals surface area contributed by atoms with Crippen LogP contribution in [0.5, 0.6) is 17.2 Å². The van der Waals surface area contributed by atoms with Crippen LogP contribution in [-0.4, -0.2) is 81.9 Å². The van der Waals surface area contributed by atoms with Crippen LogP contribution in [0.15, 0.2) is 33.5 Å². The molecule has 13 heteroatoms. The van der Waals surface area contributed by atoms with Crippen LogP contribution < -0.4 is 15.1 Å². The van der Waals surface area contributed by atoms with Gasteiger partial charge in [0.2, 0.25) is 6.29 Å². The Morgan fingerprint density at radius 3 is 2.41 bits per heavy atom. The molecule has 4 rings (SSSR count). The Labute approximate surface area is 208 Å². The van der Waals surface area contributed by atoms with E-state index in [0.717, 1.165) is 0 Å². The van der Waals surface area contributed by atoms with E-state index < -0.39 is 61.3 Å². The van der Waals surface area contributed by atoms with Crippen LogP contribution in [0, 0.1) is 6.92 Å². The van der Waals surface area contributed by atoms with Crippen LogP contribution in [0.4, 0.5) is 0 Å². The highest BCUT2D eigenvalue weighted by atomic mass is 16.7. The summed E-state index contributed by atoms with van der Waals surface area (Å²) in [4.78, 5) is 34.7. The number of esters is 1. The van der Waals surface area contributed by atoms with Gasteiger partial charge in [-0.25, -0.2) is 4.79 Å². The number of carbonyl (C=O) groups excluding carboxylic acids is 1. The van der Waals surface area contributed by atoms with Gasteiger partial charge in [0.1, 0.15) is 65.7 Å². The largest absolute Gasteiger partial charge is 0.507 e. The van der Waals surface area contributed by atoms with Crippen molar-refractivity contribution in [3.05, 3.63) is 40.2 Å². The summed E-state index contributed by atoms with van der Waals surface area (Å²) in [6.07, 6.45) is -8.94. The van der Waals surface area contributed by atoms with Gasteiger partial charge < -0.3 is 48.9 Å². The molecule has 2 aromatic carbocycles. The van der Waals surface area contributed by atoms with Crippen molar-refractivity contribution in [1.29, 1.82) is 0 Å². The fraction of sp³-hybridized carbons (Fsp3) is 0.375. The molecule has 3 aromatic rings. The van der Waals surface area contributed by atoms with Gasteiger partial charge in [-0.2, -0.15) is 0 Å². The maximum atomic E-state index is 12.6. The number of aliphatic carboxylic acids is 1. The molecule has 0 bridgehead atoms. The van der Waals surface area contributed by atoms with Gasteiger partial charge in [-0.1, -0.05) is 0 Å². The lowest BCUT2D eigenvalue weighted by atomic mass is 9.99. The quantitative estimate of drug-likeness (QED) is 0.122. The zero-order valence-corrected chi connectivity index (χ0v) is 19.6. The summed E-state index contributed by atoms with van der Waals surface area (Å²) in [7, 11) is 1.41. The Kier molecular flexibility index (Phi) is 7.23. The maximum Gasteiger partial charge on any atom is 0.347 e. The van der Waals surface area contributed by atoms with Crippen molar-refractivity contribution >= 4 is 33.7 Å². The molecule has 1 fully saturated rings. The molecule has 0 spiro atoms. The monoisotopic (exact) mass is 520 g/mol. The number of phenolic OH excluding ortho intramolecular Hbond substituents is 1. The fourth-order valence-electron chi connectivity index (χ4n) is 4.13. The number of aromatic hydroxyl groups is 1. The first-order valence-corrected chi connectivity index (χ1v) is 11.0. The summed E-state index contributed by atoms with van der Waals surface area (Å²) in [5.41, 5.74) is -0.168. The Morgan fingerprint density at radius 2 is 1.73 bits per heavy atom. The topological polar surface area (TPSA) is 202 Å². The molecule has 0 radical (unpaired) electrons. The van der Waals surface area contributed by atoms with Crippen LogP contribution >= 0.6 is 0 Å². The smallest absolute Gasteiger partial charge is 0.347 e. The molecule has 0 saturated carbocycles. The number of hydrogen-bond acceptors (Lipinski definition) is 12. The molecule has 1 aliphatic heterocycles. The predicted octanol–water partition coefficient (Wildman–Crippen LogP) is 0.173. The highest BCUT2D eigenvalue weighted by Gasteiger charge is 2.45. The number of aryl methyl sites for hydroxylation is 1. The third-order valence-corrected chi connectivity index (χ3v) is 5.90. The van der Waals surface area contributed by atoms with E-state index in [2.05, 4.69) is 0 Å². The highest BCUT2D eigenvalue weighted by Crippen LogP contribution is 2.36. The highest BCUT2D eigenvalue weighted by molar-refractivity contribution is 6.08. The number of methoxy groups -OCH3 is 1. The van der Waals surface area contributed by atoms with Crippen LogP contribution in [0.25, 0.3) is 21.7 Å². The number of carboxylic acids is 1. The molecule has 198 valence electrons. The molecule has 1 aliphatic rings. The summed E-state index contributed by atoms with van der Waals surface area (Å²) < 4.78 is 26.5. The number of carbonyl (C=O) groups is 2. The first-order chi connectivity index (χ1) is 17.5. The molecular weight excluding hydrogens is 496 g/mol. The van der Waals surface area contributed by atoms with Gasteiger partial charge in [0.15, 0.2) is 0 Å². The first-order valence-electron chi connectivity index (χ1n) is 11.0. The van der Waals surface area contributed by atoms with E-state index in [4.69, 9.17) is 28.5 Å². The second kappa shape index (κ2) is 10.2. The van der Waals surface area contributed by atoms with Crippen molar-refractivity contribution in [2.24, 2.45) is 0 Å². The third-order valence-electron chi connectivity index (χ3n) is 5.90. The second-order valence-electron chi connectivity index (χ2n) is 8.46. The Bertz CT molecular complexity index is 1410. The average molecular weight is 520 g/mol. The molecule has 0 aliphatic carbocycles. The third kappa shape index (κ3) is 5.15. The van der Waals surface area contributed by atoms with E-state index >= 15 is 0 Å². The second-order valence-corrected chi connectivity index (χ2v) is 8.46. The minimum atomic E-state index is -1.75. The molecule has 5 atom stereocenters. The number of rotatable bonds is 7. The number of phenols is 1. The molecule has 13 nitrogen and oxygen atoms in total. The van der Waals surface area contributed by atoms with E-state index in [1.807, 2.05) is 0 Å². The summed E-state index contributed by atoms with van der Waals surface area (Å²) >= 11 is 0. The molecule has 2 heterocycles. The predicted molar refractivity (Wildman–Crippen MR) is 123 cm³/mol. The van der Waals surface area contributed by atoms with E-state index in [1.165, 1.54) is 25.3 Å². The SMILES string of the molecule is COc1cc(O)c2c(=O)oc3cc(O[C@@H]4O[C@H](COC(=O)CC(=O)O)[C@@H](O)[C@H](O)[C@H]4O)cc(C)c3c2c1. The lowest BCUT2D eigenvalue weighted by Crippen LogP contribution is -2.60. The molecular formula is C24H24O13. The van der Waals surface area contributed by atoms with E-state index in [1.54, 1.807) is 13.0 Å². The summed E-state index contributed by atoms with van der Waals surface area (Å²) in [6, 6.07) is 5.74. The van der Waals surface area contributed by atoms with Gasteiger partial charge in [0, 0.05) is 22.9 Å². The van der Waals surface area contributed by atoms with Crippen LogP contribution in [0.1, 0.15) is 12.0 Å². The number of benzene rings is 2. The van der Waals surface area contributed by atoms with Crippen molar-refractivity contribution in [2.45, 2.75) is 44.1 Å². The average Bonchev–Trinajstić information content (AvgIpc) is 2.82. The lowest BCUT2D eigenvalue weighted by molar-refractivity contribution is -0.278. The van der Waals surface area contributed by atoms with Crippen molar-refractivity contribution in [1.82, 2.24) is 0 Å². The zero-order valence-electron chi connectivity index (χ0n) is 19.6. The van der Waals surface area contributed by atoms with E-state index in [-0.39, 0.29) is 22.5 Å². The number of aliphatic hydroxyl groups is 3. The fourth-order valence-corrected chi connectivity index (χ4v) is 4.13. The number of aliphatic hydroxyl groups excluding tert-OH is 3. The zero-order chi connectivity index (χ0) is 27.0. The van der Waals surface area contributed by atoms with Gasteiger partial charge in [-0.3, -0.25) is 9.59 Å². The van der Waals surface area contributed by atoms with Crippen LogP contribution in [0.2, 0.25) is 0 Å². The van der Waals surface area contributed by atoms with Gasteiger partial charge >= 0.3 is 17.6 Å². The van der Waals surface area contributed by atoms with Gasteiger partial charge in [0.05, 0.1) is 7.11 Å². The first kappa shape index (κ1) is 26.2. The number of fused-ring (bicyclic) bond motifs is 3. The molecule has 5 N–H and O–H groups in total. The number of ether oxygens (including phenoxy) is 4. The number of carboxylic acid groups (broad SMARTS) is 1. The van der Waals surface area contributed by atoms with Gasteiger partial charge in [-0.15, -0.1) is 0 Å². The Balaban J connectivity index is 1.64. The lowest BCUT2D eigenvalue weighted by Gasteiger charge is -2.39. The Morgan fingerprint density at radius 1 is 1.00 bits per heavy atom. The minimum Gasteiger partial charge on any atom is -0.507 e. The van der Waals surface area contributed by atoms with E-state index in [0.29, 0.717) is 22.1 Å². The van der Waals surface area contributed by atoms with Crippen molar-refractivity contribution < 1.29 is 58.5 Å². The summed E-state index contributed by atoms with van der Waals surface area (Å²) in [6.45, 7) is 1.08. The minimum absolute atomic E-state index is 0.0338. The van der Waals surface area contributed by atoms with Gasteiger partial charge in [0.25, 0.3) is 0 Å². The molecule has 0 unspecified atom stereocenters. The van der Waals surface area contributed by atoms with Crippen molar-refractivity contribution in [3.63, 3.8) is 0 Å². The molecule has 1 saturated heterocycles. The van der Waals surface area contributed by atoms with Crippen LogP contribution in [0.3, 0.4) is 0 Å². The molecule has 0 amide bonds. The van der Waals surface area contributed by atoms with Crippen LogP contribution in [-0.2, 0) is 19.1 Å². The molecule has 1 aromatic heterocycles. The standard InChI is InChI=1S/C24H24O13/c1-9-3-11(6-14-18(9)12-4-10(33-2)5-13(25)19(12)23(32)36-14)35-24-22(31)21(30)20(29)15(37-24)8-34-17(28)7-16(26)27/h3-6,15,20-22,24-25,29-31H,7-8H2,1-2H3,(H,26,27)/t15-,20-,21+,22-,24-/m1/s1. The number of hydrogen-bond donors (Lipinski definition) is 5. The van der Waals surface area contributed by atoms with Crippen molar-refractivity contribution in [2.75, 3.05) is 13.7 Å². The summed E-state index contributed by atoms with van der Waals surface area (Å²) in [5, 5.41) is 50.6. The Hall–Kier alpha value is -3.91. The van der Waals surface area contributed by atoms with Gasteiger partial charge in [-0.05, 0) is 24.6 Å².